The number of likely N-dealkylation sites (tertiary alicyclic amines) is 2. The first kappa shape index (κ1) is 14.5. The lowest BCUT2D eigenvalue weighted by atomic mass is 10.0. The highest BCUT2D eigenvalue weighted by Gasteiger charge is 2.33. The Morgan fingerprint density at radius 3 is 2.40 bits per heavy atom. The van der Waals surface area contributed by atoms with Gasteiger partial charge in [-0.15, -0.1) is 0 Å². The van der Waals surface area contributed by atoms with Crippen LogP contribution in [-0.4, -0.2) is 57.7 Å². The Balaban J connectivity index is 1.92. The molecule has 1 unspecified atom stereocenters. The topological polar surface area (TPSA) is 95.0 Å². The van der Waals surface area contributed by atoms with Crippen LogP contribution in [0.4, 0.5) is 0 Å². The fraction of sp³-hybridized carbons (Fsp3) is 0.692. The van der Waals surface area contributed by atoms with Crippen LogP contribution < -0.4 is 0 Å². The van der Waals surface area contributed by atoms with Crippen LogP contribution in [0.2, 0.25) is 0 Å². The molecule has 2 saturated heterocycles. The summed E-state index contributed by atoms with van der Waals surface area (Å²) in [7, 11) is 0. The van der Waals surface area contributed by atoms with Crippen LogP contribution in [0.3, 0.4) is 0 Å². The summed E-state index contributed by atoms with van der Waals surface area (Å²) in [6, 6.07) is -0.777. The van der Waals surface area contributed by atoms with Gasteiger partial charge in [-0.05, 0) is 19.3 Å². The Morgan fingerprint density at radius 2 is 1.80 bits per heavy atom. The Bertz CT molecular complexity index is 432. The third-order valence-corrected chi connectivity index (χ3v) is 3.81. The molecule has 2 aliphatic rings. The zero-order valence-electron chi connectivity index (χ0n) is 11.2. The number of nitrogens with zero attached hydrogens (tertiary/aromatic N) is 2. The first-order valence-electron chi connectivity index (χ1n) is 6.86. The SMILES string of the molecule is O=C(O)C1CCCCN1C(=O)CCN1C(=O)CCC1=O. The van der Waals surface area contributed by atoms with Gasteiger partial charge in [-0.25, -0.2) is 4.79 Å². The number of carboxylic acids is 1. The first-order valence-corrected chi connectivity index (χ1v) is 6.86. The molecule has 2 aliphatic heterocycles. The van der Waals surface area contributed by atoms with Crippen molar-refractivity contribution in [1.82, 2.24) is 9.80 Å². The molecule has 0 aromatic rings. The minimum absolute atomic E-state index is 0.00125. The summed E-state index contributed by atoms with van der Waals surface area (Å²) in [6.45, 7) is 0.483. The molecule has 1 N–H and O–H groups in total. The number of hydrogen-bond acceptors (Lipinski definition) is 4. The van der Waals surface area contributed by atoms with Crippen LogP contribution in [0.25, 0.3) is 0 Å². The molecule has 0 aromatic carbocycles. The number of carbonyl (C=O) groups excluding carboxylic acids is 3. The van der Waals surface area contributed by atoms with Gasteiger partial charge in [0.25, 0.3) is 0 Å². The van der Waals surface area contributed by atoms with E-state index in [1.54, 1.807) is 0 Å². The highest BCUT2D eigenvalue weighted by Crippen LogP contribution is 2.19. The zero-order chi connectivity index (χ0) is 14.7. The second-order valence-electron chi connectivity index (χ2n) is 5.13. The molecule has 20 heavy (non-hydrogen) atoms. The molecule has 0 aromatic heterocycles. The fourth-order valence-electron chi connectivity index (χ4n) is 2.71. The minimum atomic E-state index is -0.994. The number of hydrogen-bond donors (Lipinski definition) is 1. The molecule has 2 fully saturated rings. The van der Waals surface area contributed by atoms with Gasteiger partial charge in [0.05, 0.1) is 0 Å². The number of carbonyl (C=O) groups is 4. The number of aliphatic carboxylic acids is 1. The fourth-order valence-corrected chi connectivity index (χ4v) is 2.71. The van der Waals surface area contributed by atoms with Gasteiger partial charge in [-0.3, -0.25) is 19.3 Å². The normalized spacial score (nSPS) is 23.3. The maximum absolute atomic E-state index is 12.1. The van der Waals surface area contributed by atoms with Crippen molar-refractivity contribution < 1.29 is 24.3 Å². The lowest BCUT2D eigenvalue weighted by Gasteiger charge is -2.33. The second-order valence-corrected chi connectivity index (χ2v) is 5.13. The maximum atomic E-state index is 12.1. The molecule has 0 saturated carbocycles. The van der Waals surface area contributed by atoms with E-state index in [1.165, 1.54) is 4.90 Å². The largest absolute Gasteiger partial charge is 0.480 e. The number of imide groups is 1. The van der Waals surface area contributed by atoms with Crippen LogP contribution in [0.5, 0.6) is 0 Å². The van der Waals surface area contributed by atoms with Crippen molar-refractivity contribution in [3.05, 3.63) is 0 Å². The van der Waals surface area contributed by atoms with Gasteiger partial charge in [0.2, 0.25) is 17.7 Å². The Kier molecular flexibility index (Phi) is 4.36. The lowest BCUT2D eigenvalue weighted by Crippen LogP contribution is -2.48. The summed E-state index contributed by atoms with van der Waals surface area (Å²) in [5.41, 5.74) is 0. The molecule has 0 aliphatic carbocycles. The third-order valence-electron chi connectivity index (χ3n) is 3.81. The molecule has 7 nitrogen and oxygen atoms in total. The molecule has 2 heterocycles. The van der Waals surface area contributed by atoms with Gasteiger partial charge < -0.3 is 10.0 Å². The first-order chi connectivity index (χ1) is 9.50. The summed E-state index contributed by atoms with van der Waals surface area (Å²) < 4.78 is 0. The van der Waals surface area contributed by atoms with E-state index in [2.05, 4.69) is 0 Å². The predicted molar refractivity (Wildman–Crippen MR) is 67.6 cm³/mol. The lowest BCUT2D eigenvalue weighted by molar-refractivity contribution is -0.152. The number of carboxylic acid groups (broad SMARTS) is 1. The van der Waals surface area contributed by atoms with E-state index in [0.717, 1.165) is 17.7 Å². The smallest absolute Gasteiger partial charge is 0.326 e. The van der Waals surface area contributed by atoms with E-state index in [4.69, 9.17) is 5.11 Å². The van der Waals surface area contributed by atoms with Crippen LogP contribution in [0, 0.1) is 0 Å². The van der Waals surface area contributed by atoms with Crippen LogP contribution >= 0.6 is 0 Å². The molecule has 0 radical (unpaired) electrons. The molecular formula is C13H18N2O5. The van der Waals surface area contributed by atoms with Gasteiger partial charge in [0, 0.05) is 32.4 Å². The molecular weight excluding hydrogens is 264 g/mol. The summed E-state index contributed by atoms with van der Waals surface area (Å²) in [6.07, 6.45) is 2.45. The van der Waals surface area contributed by atoms with Crippen molar-refractivity contribution in [3.63, 3.8) is 0 Å². The summed E-state index contributed by atoms with van der Waals surface area (Å²) in [4.78, 5) is 48.5. The number of amides is 3. The van der Waals surface area contributed by atoms with Crippen LogP contribution in [-0.2, 0) is 19.2 Å². The number of piperidine rings is 1. The average Bonchev–Trinajstić information content (AvgIpc) is 2.75. The molecule has 0 spiro atoms. The van der Waals surface area contributed by atoms with Crippen molar-refractivity contribution in [2.24, 2.45) is 0 Å². The van der Waals surface area contributed by atoms with Crippen molar-refractivity contribution in [1.29, 1.82) is 0 Å². The monoisotopic (exact) mass is 282 g/mol. The van der Waals surface area contributed by atoms with Crippen molar-refractivity contribution in [2.45, 2.75) is 44.6 Å². The van der Waals surface area contributed by atoms with E-state index in [-0.39, 0.29) is 43.5 Å². The Hall–Kier alpha value is -1.92. The van der Waals surface area contributed by atoms with Gasteiger partial charge >= 0.3 is 5.97 Å². The van der Waals surface area contributed by atoms with Crippen molar-refractivity contribution >= 4 is 23.7 Å². The second kappa shape index (κ2) is 6.02. The summed E-state index contributed by atoms with van der Waals surface area (Å²) >= 11 is 0. The summed E-state index contributed by atoms with van der Waals surface area (Å²) in [5, 5.41) is 9.11. The third kappa shape index (κ3) is 2.97. The average molecular weight is 282 g/mol. The van der Waals surface area contributed by atoms with E-state index in [0.29, 0.717) is 13.0 Å². The Morgan fingerprint density at radius 1 is 1.15 bits per heavy atom. The van der Waals surface area contributed by atoms with Gasteiger partial charge in [0.15, 0.2) is 0 Å². The highest BCUT2D eigenvalue weighted by molar-refractivity contribution is 6.02. The molecule has 2 rings (SSSR count). The zero-order valence-corrected chi connectivity index (χ0v) is 11.2. The number of rotatable bonds is 4. The van der Waals surface area contributed by atoms with Crippen molar-refractivity contribution in [3.8, 4) is 0 Å². The minimum Gasteiger partial charge on any atom is -0.480 e. The van der Waals surface area contributed by atoms with Crippen LogP contribution in [0.1, 0.15) is 38.5 Å². The van der Waals surface area contributed by atoms with E-state index < -0.39 is 12.0 Å². The summed E-state index contributed by atoms with van der Waals surface area (Å²) in [5.74, 6) is -1.80. The molecule has 110 valence electrons. The van der Waals surface area contributed by atoms with Crippen LogP contribution in [0.15, 0.2) is 0 Å². The van der Waals surface area contributed by atoms with E-state index in [1.807, 2.05) is 0 Å². The van der Waals surface area contributed by atoms with E-state index >= 15 is 0 Å². The maximum Gasteiger partial charge on any atom is 0.326 e. The quantitative estimate of drug-likeness (QED) is 0.732. The standard InChI is InChI=1S/C13H18N2O5/c16-10-4-5-11(17)15(10)8-6-12(18)14-7-2-1-3-9(14)13(19)20/h9H,1-8H2,(H,19,20). The van der Waals surface area contributed by atoms with Gasteiger partial charge in [-0.1, -0.05) is 0 Å². The Labute approximate surface area is 116 Å². The highest BCUT2D eigenvalue weighted by atomic mass is 16.4. The molecule has 0 bridgehead atoms. The van der Waals surface area contributed by atoms with Crippen molar-refractivity contribution in [2.75, 3.05) is 13.1 Å². The molecule has 1 atom stereocenters. The molecule has 3 amide bonds. The van der Waals surface area contributed by atoms with E-state index in [9.17, 15) is 19.2 Å². The van der Waals surface area contributed by atoms with Gasteiger partial charge in [-0.2, -0.15) is 0 Å². The van der Waals surface area contributed by atoms with Gasteiger partial charge in [0.1, 0.15) is 6.04 Å². The molecule has 7 heteroatoms. The predicted octanol–water partition coefficient (Wildman–Crippen LogP) is -0.00880.